The molecule has 0 saturated heterocycles. The molecule has 1 amide bonds. The van der Waals surface area contributed by atoms with Crippen molar-refractivity contribution in [2.45, 2.75) is 23.6 Å². The number of carbonyl (C=O) groups excluding carboxylic acids is 1. The molecule has 0 saturated carbocycles. The van der Waals surface area contributed by atoms with E-state index in [9.17, 15) is 4.79 Å². The molecule has 31 heavy (non-hydrogen) atoms. The van der Waals surface area contributed by atoms with E-state index in [4.69, 9.17) is 0 Å². The van der Waals surface area contributed by atoms with Crippen molar-refractivity contribution < 1.29 is 4.79 Å². The Morgan fingerprint density at radius 2 is 1.32 bits per heavy atom. The molecule has 1 N–H and O–H groups in total. The van der Waals surface area contributed by atoms with Gasteiger partial charge in [-0.1, -0.05) is 103 Å². The predicted molar refractivity (Wildman–Crippen MR) is 129 cm³/mol. The average Bonchev–Trinajstić information content (AvgIpc) is 2.83. The average molecular weight is 424 g/mol. The van der Waals surface area contributed by atoms with E-state index in [0.29, 0.717) is 5.56 Å². The summed E-state index contributed by atoms with van der Waals surface area (Å²) in [5.74, 6) is 0.760. The first kappa shape index (κ1) is 21.0. The van der Waals surface area contributed by atoms with E-state index in [1.165, 1.54) is 11.1 Å². The van der Waals surface area contributed by atoms with Crippen molar-refractivity contribution in [3.05, 3.63) is 137 Å². The third-order valence-corrected chi connectivity index (χ3v) is 6.33. The molecule has 0 fully saturated rings. The van der Waals surface area contributed by atoms with Crippen LogP contribution in [0.1, 0.15) is 38.7 Å². The highest BCUT2D eigenvalue weighted by Gasteiger charge is 2.19. The lowest BCUT2D eigenvalue weighted by Gasteiger charge is -2.21. The monoisotopic (exact) mass is 423 g/mol. The van der Waals surface area contributed by atoms with Crippen molar-refractivity contribution in [2.24, 2.45) is 0 Å². The molecule has 0 radical (unpaired) electrons. The Kier molecular flexibility index (Phi) is 6.85. The Hall–Kier alpha value is -3.30. The molecule has 0 aliphatic heterocycles. The summed E-state index contributed by atoms with van der Waals surface area (Å²) in [5.41, 5.74) is 5.28. The molecule has 3 heteroatoms. The Bertz CT molecular complexity index is 1120. The van der Waals surface area contributed by atoms with Crippen LogP contribution >= 0.6 is 11.8 Å². The number of nitrogens with one attached hydrogen (secondary N) is 1. The molecule has 4 aromatic carbocycles. The predicted octanol–water partition coefficient (Wildman–Crippen LogP) is 6.81. The molecule has 0 aliphatic rings. The summed E-state index contributed by atoms with van der Waals surface area (Å²) in [6, 6.07) is 36.4. The van der Waals surface area contributed by atoms with Crippen molar-refractivity contribution in [1.82, 2.24) is 5.32 Å². The van der Waals surface area contributed by atoms with Gasteiger partial charge in [-0.25, -0.2) is 0 Å². The summed E-state index contributed by atoms with van der Waals surface area (Å²) in [6.07, 6.45) is 0. The molecule has 1 unspecified atom stereocenters. The van der Waals surface area contributed by atoms with Gasteiger partial charge in [0.15, 0.2) is 0 Å². The standard InChI is InChI=1S/C28H25NOS/c1-21-16-18-24(19-17-21)27(23-12-6-3-7-13-23)29-28(30)25-14-8-9-15-26(25)31-20-22-10-4-2-5-11-22/h2-19,27H,20H2,1H3,(H,29,30). The zero-order valence-corrected chi connectivity index (χ0v) is 18.3. The van der Waals surface area contributed by atoms with E-state index >= 15 is 0 Å². The van der Waals surface area contributed by atoms with E-state index in [0.717, 1.165) is 21.8 Å². The SMILES string of the molecule is Cc1ccc(C(NC(=O)c2ccccc2SCc2ccccc2)c2ccccc2)cc1. The fraction of sp³-hybridized carbons (Fsp3) is 0.107. The molecule has 0 bridgehead atoms. The summed E-state index contributed by atoms with van der Waals surface area (Å²) >= 11 is 1.69. The minimum atomic E-state index is -0.207. The van der Waals surface area contributed by atoms with E-state index in [-0.39, 0.29) is 11.9 Å². The lowest BCUT2D eigenvalue weighted by Crippen LogP contribution is -2.29. The van der Waals surface area contributed by atoms with Gasteiger partial charge < -0.3 is 5.32 Å². The largest absolute Gasteiger partial charge is 0.341 e. The van der Waals surface area contributed by atoms with Crippen LogP contribution in [0.2, 0.25) is 0 Å². The number of amides is 1. The number of hydrogen-bond donors (Lipinski definition) is 1. The molecule has 4 aromatic rings. The van der Waals surface area contributed by atoms with Crippen LogP contribution < -0.4 is 5.32 Å². The van der Waals surface area contributed by atoms with Gasteiger partial charge >= 0.3 is 0 Å². The molecule has 0 heterocycles. The second kappa shape index (κ2) is 10.1. The second-order valence-corrected chi connectivity index (χ2v) is 8.52. The van der Waals surface area contributed by atoms with Gasteiger partial charge in [-0.2, -0.15) is 0 Å². The van der Waals surface area contributed by atoms with Crippen molar-refractivity contribution in [2.75, 3.05) is 0 Å². The minimum Gasteiger partial charge on any atom is -0.341 e. The maximum Gasteiger partial charge on any atom is 0.253 e. The fourth-order valence-corrected chi connectivity index (χ4v) is 4.49. The third-order valence-electron chi connectivity index (χ3n) is 5.19. The van der Waals surface area contributed by atoms with Gasteiger partial charge in [0.05, 0.1) is 11.6 Å². The number of benzene rings is 4. The highest BCUT2D eigenvalue weighted by molar-refractivity contribution is 7.98. The Balaban J connectivity index is 1.58. The summed E-state index contributed by atoms with van der Waals surface area (Å²) < 4.78 is 0. The van der Waals surface area contributed by atoms with Crippen LogP contribution in [0, 0.1) is 6.92 Å². The molecular weight excluding hydrogens is 398 g/mol. The first-order valence-corrected chi connectivity index (χ1v) is 11.4. The Morgan fingerprint density at radius 3 is 2.03 bits per heavy atom. The molecule has 0 aromatic heterocycles. The van der Waals surface area contributed by atoms with Gasteiger partial charge in [-0.15, -0.1) is 11.8 Å². The molecule has 154 valence electrons. The summed E-state index contributed by atoms with van der Waals surface area (Å²) in [7, 11) is 0. The van der Waals surface area contributed by atoms with Crippen LogP contribution in [-0.4, -0.2) is 5.91 Å². The summed E-state index contributed by atoms with van der Waals surface area (Å²) in [4.78, 5) is 14.4. The van der Waals surface area contributed by atoms with E-state index in [1.54, 1.807) is 11.8 Å². The maximum atomic E-state index is 13.4. The molecule has 1 atom stereocenters. The Morgan fingerprint density at radius 1 is 0.742 bits per heavy atom. The van der Waals surface area contributed by atoms with Gasteiger partial charge in [0.2, 0.25) is 0 Å². The van der Waals surface area contributed by atoms with Crippen molar-refractivity contribution >= 4 is 17.7 Å². The first-order chi connectivity index (χ1) is 15.2. The van der Waals surface area contributed by atoms with E-state index in [1.807, 2.05) is 60.7 Å². The lowest BCUT2D eigenvalue weighted by atomic mass is 9.97. The van der Waals surface area contributed by atoms with Gasteiger partial charge in [-0.3, -0.25) is 4.79 Å². The molecule has 0 spiro atoms. The van der Waals surface area contributed by atoms with Crippen LogP contribution in [0.4, 0.5) is 0 Å². The smallest absolute Gasteiger partial charge is 0.253 e. The zero-order chi connectivity index (χ0) is 21.5. The van der Waals surface area contributed by atoms with Crippen molar-refractivity contribution in [1.29, 1.82) is 0 Å². The molecule has 0 aliphatic carbocycles. The zero-order valence-electron chi connectivity index (χ0n) is 17.5. The number of hydrogen-bond acceptors (Lipinski definition) is 2. The highest BCUT2D eigenvalue weighted by atomic mass is 32.2. The maximum absolute atomic E-state index is 13.4. The molecule has 2 nitrogen and oxygen atoms in total. The Labute approximate surface area is 188 Å². The second-order valence-electron chi connectivity index (χ2n) is 7.50. The van der Waals surface area contributed by atoms with Crippen LogP contribution in [0.3, 0.4) is 0 Å². The fourth-order valence-electron chi connectivity index (χ4n) is 3.49. The van der Waals surface area contributed by atoms with Gasteiger partial charge in [0.1, 0.15) is 0 Å². The van der Waals surface area contributed by atoms with Gasteiger partial charge in [0.25, 0.3) is 5.91 Å². The van der Waals surface area contributed by atoms with Crippen LogP contribution in [0.5, 0.6) is 0 Å². The summed E-state index contributed by atoms with van der Waals surface area (Å²) in [5, 5.41) is 3.27. The lowest BCUT2D eigenvalue weighted by molar-refractivity contribution is 0.0940. The number of rotatable bonds is 7. The van der Waals surface area contributed by atoms with E-state index in [2.05, 4.69) is 60.8 Å². The highest BCUT2D eigenvalue weighted by Crippen LogP contribution is 2.28. The van der Waals surface area contributed by atoms with Crippen molar-refractivity contribution in [3.8, 4) is 0 Å². The number of aryl methyl sites for hydroxylation is 1. The topological polar surface area (TPSA) is 29.1 Å². The minimum absolute atomic E-state index is 0.0643. The van der Waals surface area contributed by atoms with Gasteiger partial charge in [0, 0.05) is 10.6 Å². The molecular formula is C28H25NOS. The number of carbonyl (C=O) groups is 1. The first-order valence-electron chi connectivity index (χ1n) is 10.4. The quantitative estimate of drug-likeness (QED) is 0.331. The molecule has 4 rings (SSSR count). The van der Waals surface area contributed by atoms with Crippen LogP contribution in [0.25, 0.3) is 0 Å². The number of thioether (sulfide) groups is 1. The van der Waals surface area contributed by atoms with Crippen molar-refractivity contribution in [3.63, 3.8) is 0 Å². The van der Waals surface area contributed by atoms with E-state index < -0.39 is 0 Å². The third kappa shape index (κ3) is 5.44. The van der Waals surface area contributed by atoms with Crippen LogP contribution in [0.15, 0.2) is 114 Å². The van der Waals surface area contributed by atoms with Crippen LogP contribution in [-0.2, 0) is 5.75 Å². The van der Waals surface area contributed by atoms with Gasteiger partial charge in [-0.05, 0) is 35.7 Å². The summed E-state index contributed by atoms with van der Waals surface area (Å²) in [6.45, 7) is 2.07. The normalized spacial score (nSPS) is 11.6.